The van der Waals surface area contributed by atoms with Gasteiger partial charge in [-0.25, -0.2) is 0 Å². The lowest BCUT2D eigenvalue weighted by molar-refractivity contribution is -0.121. The van der Waals surface area contributed by atoms with Crippen molar-refractivity contribution in [2.45, 2.75) is 25.9 Å². The molecule has 0 bridgehead atoms. The van der Waals surface area contributed by atoms with Gasteiger partial charge < -0.3 is 14.6 Å². The van der Waals surface area contributed by atoms with E-state index in [2.05, 4.69) is 5.32 Å². The van der Waals surface area contributed by atoms with Gasteiger partial charge in [0.2, 0.25) is 5.91 Å². The molecule has 0 spiro atoms. The summed E-state index contributed by atoms with van der Waals surface area (Å²) in [4.78, 5) is 27.6. The van der Waals surface area contributed by atoms with Crippen LogP contribution < -0.4 is 5.32 Å². The second kappa shape index (κ2) is 7.11. The summed E-state index contributed by atoms with van der Waals surface area (Å²) in [6, 6.07) is 18.2. The van der Waals surface area contributed by atoms with Crippen LogP contribution in [0.15, 0.2) is 71.3 Å². The monoisotopic (exact) mass is 360 g/mol. The number of benzene rings is 2. The van der Waals surface area contributed by atoms with Crippen LogP contribution in [0, 0.1) is 6.92 Å². The zero-order valence-corrected chi connectivity index (χ0v) is 15.0. The number of anilines is 1. The minimum atomic E-state index is -0.599. The molecule has 1 aliphatic rings. The van der Waals surface area contributed by atoms with E-state index in [1.54, 1.807) is 17.0 Å². The number of nitrogens with zero attached hydrogens (tertiary/aromatic N) is 1. The summed E-state index contributed by atoms with van der Waals surface area (Å²) in [5.74, 6) is -0.239. The number of nitrogens with one attached hydrogen (secondary N) is 1. The molecule has 1 atom stereocenters. The molecule has 0 saturated heterocycles. The van der Waals surface area contributed by atoms with Crippen molar-refractivity contribution in [2.75, 3.05) is 5.32 Å². The van der Waals surface area contributed by atoms with Crippen LogP contribution in [0.3, 0.4) is 0 Å². The number of aryl methyl sites for hydroxylation is 1. The van der Waals surface area contributed by atoms with Crippen LogP contribution in [0.25, 0.3) is 0 Å². The molecule has 0 fully saturated rings. The first-order chi connectivity index (χ1) is 13.1. The van der Waals surface area contributed by atoms with E-state index in [9.17, 15) is 9.59 Å². The highest BCUT2D eigenvalue weighted by Crippen LogP contribution is 2.26. The van der Waals surface area contributed by atoms with Crippen molar-refractivity contribution in [3.63, 3.8) is 0 Å². The molecule has 1 N–H and O–H groups in total. The first-order valence-corrected chi connectivity index (χ1v) is 8.90. The molecular weight excluding hydrogens is 340 g/mol. The van der Waals surface area contributed by atoms with Crippen molar-refractivity contribution >= 4 is 17.5 Å². The second-order valence-electron chi connectivity index (χ2n) is 6.76. The van der Waals surface area contributed by atoms with Crippen LogP contribution in [0.5, 0.6) is 0 Å². The zero-order valence-electron chi connectivity index (χ0n) is 15.0. The third-order valence-corrected chi connectivity index (χ3v) is 4.83. The van der Waals surface area contributed by atoms with Gasteiger partial charge in [-0.15, -0.1) is 0 Å². The predicted octanol–water partition coefficient (Wildman–Crippen LogP) is 3.79. The minimum absolute atomic E-state index is 0.199. The van der Waals surface area contributed by atoms with E-state index in [0.717, 1.165) is 22.4 Å². The third kappa shape index (κ3) is 3.49. The van der Waals surface area contributed by atoms with E-state index in [-0.39, 0.29) is 17.6 Å². The molecule has 5 nitrogen and oxygen atoms in total. The number of carbonyl (C=O) groups excluding carboxylic acids is 2. The van der Waals surface area contributed by atoms with E-state index >= 15 is 0 Å². The standard InChI is InChI=1S/C22H20N2O3/c1-15-6-4-9-18(12-15)23-21(25)19-13-16-7-2-3-8-17(16)14-24(19)22(26)20-10-5-11-27-20/h2-12,19H,13-14H2,1H3,(H,23,25). The van der Waals surface area contributed by atoms with Gasteiger partial charge in [0.15, 0.2) is 5.76 Å². The Kier molecular flexibility index (Phi) is 4.50. The molecule has 2 aromatic carbocycles. The van der Waals surface area contributed by atoms with Crippen molar-refractivity contribution in [1.82, 2.24) is 4.90 Å². The zero-order chi connectivity index (χ0) is 18.8. The molecule has 3 aromatic rings. The van der Waals surface area contributed by atoms with Gasteiger partial charge in [0.05, 0.1) is 6.26 Å². The molecule has 1 unspecified atom stereocenters. The van der Waals surface area contributed by atoms with Crippen LogP contribution in [0.1, 0.15) is 27.2 Å². The van der Waals surface area contributed by atoms with Gasteiger partial charge in [-0.05, 0) is 47.9 Å². The van der Waals surface area contributed by atoms with Crippen molar-refractivity contribution in [1.29, 1.82) is 0 Å². The minimum Gasteiger partial charge on any atom is -0.459 e. The summed E-state index contributed by atoms with van der Waals surface area (Å²) in [5.41, 5.74) is 3.93. The van der Waals surface area contributed by atoms with Gasteiger partial charge in [-0.2, -0.15) is 0 Å². The van der Waals surface area contributed by atoms with Crippen LogP contribution in [0.4, 0.5) is 5.69 Å². The highest BCUT2D eigenvalue weighted by atomic mass is 16.3. The Morgan fingerprint density at radius 1 is 1.04 bits per heavy atom. The van der Waals surface area contributed by atoms with E-state index < -0.39 is 6.04 Å². The molecule has 0 saturated carbocycles. The quantitative estimate of drug-likeness (QED) is 0.773. The number of rotatable bonds is 3. The fourth-order valence-electron chi connectivity index (χ4n) is 3.46. The van der Waals surface area contributed by atoms with Gasteiger partial charge in [-0.3, -0.25) is 9.59 Å². The molecule has 2 heterocycles. The molecule has 27 heavy (non-hydrogen) atoms. The molecular formula is C22H20N2O3. The Labute approximate surface area is 157 Å². The molecule has 136 valence electrons. The Morgan fingerprint density at radius 3 is 2.59 bits per heavy atom. The van der Waals surface area contributed by atoms with Crippen molar-refractivity contribution < 1.29 is 14.0 Å². The van der Waals surface area contributed by atoms with Crippen LogP contribution in [-0.2, 0) is 17.8 Å². The largest absolute Gasteiger partial charge is 0.459 e. The first-order valence-electron chi connectivity index (χ1n) is 8.90. The maximum atomic E-state index is 13.0. The summed E-state index contributed by atoms with van der Waals surface area (Å²) < 4.78 is 5.28. The van der Waals surface area contributed by atoms with Crippen molar-refractivity contribution in [3.8, 4) is 0 Å². The number of carbonyl (C=O) groups is 2. The number of hydrogen-bond donors (Lipinski definition) is 1. The summed E-state index contributed by atoms with van der Waals surface area (Å²) in [7, 11) is 0. The molecule has 0 aliphatic carbocycles. The lowest BCUT2D eigenvalue weighted by atomic mass is 9.93. The Balaban J connectivity index is 1.64. The summed E-state index contributed by atoms with van der Waals surface area (Å²) in [6.07, 6.45) is 1.94. The van der Waals surface area contributed by atoms with Crippen LogP contribution in [0.2, 0.25) is 0 Å². The van der Waals surface area contributed by atoms with E-state index in [0.29, 0.717) is 13.0 Å². The molecule has 1 aliphatic heterocycles. The first kappa shape index (κ1) is 17.1. The SMILES string of the molecule is Cc1cccc(NC(=O)C2Cc3ccccc3CN2C(=O)c2ccco2)c1. The van der Waals surface area contributed by atoms with Gasteiger partial charge in [-0.1, -0.05) is 36.4 Å². The van der Waals surface area contributed by atoms with Gasteiger partial charge in [0.25, 0.3) is 5.91 Å². The lowest BCUT2D eigenvalue weighted by Crippen LogP contribution is -2.50. The summed E-state index contributed by atoms with van der Waals surface area (Å²) in [5, 5.41) is 2.95. The van der Waals surface area contributed by atoms with Gasteiger partial charge >= 0.3 is 0 Å². The third-order valence-electron chi connectivity index (χ3n) is 4.83. The second-order valence-corrected chi connectivity index (χ2v) is 6.76. The fourth-order valence-corrected chi connectivity index (χ4v) is 3.46. The van der Waals surface area contributed by atoms with Gasteiger partial charge in [0.1, 0.15) is 6.04 Å². The maximum Gasteiger partial charge on any atom is 0.290 e. The number of hydrogen-bond acceptors (Lipinski definition) is 3. The van der Waals surface area contributed by atoms with E-state index in [1.165, 1.54) is 6.26 Å². The summed E-state index contributed by atoms with van der Waals surface area (Å²) in [6.45, 7) is 2.35. The van der Waals surface area contributed by atoms with E-state index in [1.807, 2.05) is 55.5 Å². The van der Waals surface area contributed by atoms with Crippen LogP contribution >= 0.6 is 0 Å². The predicted molar refractivity (Wildman–Crippen MR) is 102 cm³/mol. The highest BCUT2D eigenvalue weighted by Gasteiger charge is 2.35. The Bertz CT molecular complexity index is 979. The lowest BCUT2D eigenvalue weighted by Gasteiger charge is -2.35. The smallest absolute Gasteiger partial charge is 0.290 e. The molecule has 1 aromatic heterocycles. The summed E-state index contributed by atoms with van der Waals surface area (Å²) >= 11 is 0. The number of fused-ring (bicyclic) bond motifs is 1. The maximum absolute atomic E-state index is 13.0. The topological polar surface area (TPSA) is 62.6 Å². The van der Waals surface area contributed by atoms with E-state index in [4.69, 9.17) is 4.42 Å². The molecule has 0 radical (unpaired) electrons. The molecule has 5 heteroatoms. The normalized spacial score (nSPS) is 15.9. The number of amides is 2. The van der Waals surface area contributed by atoms with Gasteiger partial charge in [0, 0.05) is 18.7 Å². The fraction of sp³-hybridized carbons (Fsp3) is 0.182. The highest BCUT2D eigenvalue weighted by molar-refractivity contribution is 6.00. The van der Waals surface area contributed by atoms with Crippen molar-refractivity contribution in [2.24, 2.45) is 0 Å². The average Bonchev–Trinajstić information content (AvgIpc) is 3.21. The van der Waals surface area contributed by atoms with Crippen LogP contribution in [-0.4, -0.2) is 22.8 Å². The number of furan rings is 1. The Morgan fingerprint density at radius 2 is 1.85 bits per heavy atom. The molecule has 4 rings (SSSR count). The Hall–Kier alpha value is -3.34. The van der Waals surface area contributed by atoms with Crippen molar-refractivity contribution in [3.05, 3.63) is 89.4 Å². The average molecular weight is 360 g/mol. The molecule has 2 amide bonds.